The lowest BCUT2D eigenvalue weighted by molar-refractivity contribution is 0.0605. The molecule has 3 aromatic rings. The van der Waals surface area contributed by atoms with E-state index < -0.39 is 12.4 Å². The minimum absolute atomic E-state index is 0.0566. The molecule has 0 N–H and O–H groups in total. The third-order valence-electron chi connectivity index (χ3n) is 2.75. The van der Waals surface area contributed by atoms with Crippen LogP contribution in [0.25, 0.3) is 22.4 Å². The summed E-state index contributed by atoms with van der Waals surface area (Å²) in [7, 11) is 0. The van der Waals surface area contributed by atoms with Crippen molar-refractivity contribution in [2.75, 3.05) is 0 Å². The van der Waals surface area contributed by atoms with Crippen LogP contribution in [0.1, 0.15) is 6.55 Å². The first-order chi connectivity index (χ1) is 9.97. The van der Waals surface area contributed by atoms with E-state index in [1.807, 2.05) is 0 Å². The highest BCUT2D eigenvalue weighted by molar-refractivity contribution is 9.10. The van der Waals surface area contributed by atoms with E-state index in [1.165, 1.54) is 18.3 Å². The fourth-order valence-electron chi connectivity index (χ4n) is 1.84. The Bertz CT molecular complexity index is 837. The quantitative estimate of drug-likeness (QED) is 0.663. The Morgan fingerprint density at radius 2 is 2.05 bits per heavy atom. The second-order valence-corrected chi connectivity index (χ2v) is 5.22. The summed E-state index contributed by atoms with van der Waals surface area (Å²) in [5.41, 5.74) is 0.901. The largest absolute Gasteiger partial charge is 0.335 e. The number of rotatable bonds is 2. The zero-order valence-electron chi connectivity index (χ0n) is 10.1. The van der Waals surface area contributed by atoms with E-state index in [9.17, 15) is 13.2 Å². The molecule has 0 saturated carbocycles. The molecule has 1 aromatic carbocycles. The molecule has 3 rings (SSSR count). The van der Waals surface area contributed by atoms with Gasteiger partial charge in [0.15, 0.2) is 10.3 Å². The van der Waals surface area contributed by atoms with Gasteiger partial charge < -0.3 is 0 Å². The van der Waals surface area contributed by atoms with Gasteiger partial charge in [0.05, 0.1) is 16.9 Å². The number of benzene rings is 1. The smallest absolute Gasteiger partial charge is 0.240 e. The molecule has 9 heteroatoms. The van der Waals surface area contributed by atoms with Gasteiger partial charge in [-0.05, 0) is 34.1 Å². The van der Waals surface area contributed by atoms with E-state index in [0.29, 0.717) is 15.9 Å². The van der Waals surface area contributed by atoms with Crippen LogP contribution in [-0.4, -0.2) is 19.7 Å². The van der Waals surface area contributed by atoms with Crippen LogP contribution in [-0.2, 0) is 0 Å². The van der Waals surface area contributed by atoms with Crippen molar-refractivity contribution < 1.29 is 13.2 Å². The summed E-state index contributed by atoms with van der Waals surface area (Å²) in [6.45, 7) is -2.83. The average Bonchev–Trinajstić information content (AvgIpc) is 2.76. The average molecular weight is 378 g/mol. The summed E-state index contributed by atoms with van der Waals surface area (Å²) in [4.78, 5) is 8.14. The maximum atomic E-state index is 13.0. The molecule has 0 fully saturated rings. The lowest BCUT2D eigenvalue weighted by Gasteiger charge is -2.04. The van der Waals surface area contributed by atoms with E-state index in [0.717, 1.165) is 6.07 Å². The Hall–Kier alpha value is -1.67. The van der Waals surface area contributed by atoms with Gasteiger partial charge in [-0.25, -0.2) is 14.4 Å². The predicted molar refractivity (Wildman–Crippen MR) is 74.7 cm³/mol. The topological polar surface area (TPSA) is 43.6 Å². The van der Waals surface area contributed by atoms with Crippen molar-refractivity contribution in [2.24, 2.45) is 0 Å². The molecule has 0 spiro atoms. The van der Waals surface area contributed by atoms with Gasteiger partial charge in [0, 0.05) is 5.56 Å². The number of hydrogen-bond donors (Lipinski definition) is 0. The second-order valence-electron chi connectivity index (χ2n) is 4.06. The van der Waals surface area contributed by atoms with Gasteiger partial charge >= 0.3 is 6.55 Å². The normalized spacial score (nSPS) is 11.5. The summed E-state index contributed by atoms with van der Waals surface area (Å²) in [5.74, 6) is -0.482. The van der Waals surface area contributed by atoms with Crippen molar-refractivity contribution in [1.82, 2.24) is 19.7 Å². The van der Waals surface area contributed by atoms with E-state index in [4.69, 9.17) is 11.6 Å². The Morgan fingerprint density at radius 1 is 1.29 bits per heavy atom. The molecule has 0 unspecified atom stereocenters. The second kappa shape index (κ2) is 5.27. The number of nitrogens with zero attached hydrogens (tertiary/aromatic N) is 4. The van der Waals surface area contributed by atoms with Crippen LogP contribution in [0.4, 0.5) is 13.2 Å². The molecule has 0 aliphatic heterocycles. The van der Waals surface area contributed by atoms with Crippen LogP contribution in [0.3, 0.4) is 0 Å². The monoisotopic (exact) mass is 376 g/mol. The lowest BCUT2D eigenvalue weighted by atomic mass is 10.1. The van der Waals surface area contributed by atoms with Crippen molar-refractivity contribution in [2.45, 2.75) is 6.55 Å². The summed E-state index contributed by atoms with van der Waals surface area (Å²) in [5, 5.41) is 3.78. The zero-order valence-corrected chi connectivity index (χ0v) is 12.4. The predicted octanol–water partition coefficient (Wildman–Crippen LogP) is 4.44. The van der Waals surface area contributed by atoms with Gasteiger partial charge in [-0.15, -0.1) is 0 Å². The van der Waals surface area contributed by atoms with E-state index in [1.54, 1.807) is 0 Å². The molecule has 0 bridgehead atoms. The molecule has 2 heterocycles. The summed E-state index contributed by atoms with van der Waals surface area (Å²) >= 11 is 9.01. The molecule has 108 valence electrons. The third-order valence-corrected chi connectivity index (χ3v) is 3.60. The van der Waals surface area contributed by atoms with Crippen molar-refractivity contribution in [3.63, 3.8) is 0 Å². The van der Waals surface area contributed by atoms with Crippen LogP contribution >= 0.6 is 27.5 Å². The summed E-state index contributed by atoms with van der Waals surface area (Å²) in [6, 6.07) is 3.81. The highest BCUT2D eigenvalue weighted by Crippen LogP contribution is 2.30. The Morgan fingerprint density at radius 3 is 2.71 bits per heavy atom. The number of aromatic nitrogens is 4. The van der Waals surface area contributed by atoms with Gasteiger partial charge in [0.2, 0.25) is 0 Å². The van der Waals surface area contributed by atoms with Crippen molar-refractivity contribution in [3.8, 4) is 11.3 Å². The molecule has 0 saturated heterocycles. The number of halogens is 5. The van der Waals surface area contributed by atoms with Gasteiger partial charge in [-0.3, -0.25) is 0 Å². The molecule has 0 aliphatic rings. The lowest BCUT2D eigenvalue weighted by Crippen LogP contribution is -2.01. The molecule has 0 amide bonds. The van der Waals surface area contributed by atoms with Gasteiger partial charge in [-0.1, -0.05) is 11.6 Å². The van der Waals surface area contributed by atoms with Crippen molar-refractivity contribution in [3.05, 3.63) is 39.8 Å². The molecule has 0 aliphatic carbocycles. The maximum Gasteiger partial charge on any atom is 0.335 e. The van der Waals surface area contributed by atoms with E-state index >= 15 is 0 Å². The number of hydrogen-bond acceptors (Lipinski definition) is 3. The molecular formula is C12H5BrClF3N4. The minimum Gasteiger partial charge on any atom is -0.240 e. The first-order valence-electron chi connectivity index (χ1n) is 5.61. The minimum atomic E-state index is -2.83. The standard InChI is InChI=1S/C12H5BrClF3N4/c13-10-9-11(21(20-10)12(16)17)18-4-8(19-9)6-2-1-5(15)3-7(6)14/h1-4,12H. The Labute approximate surface area is 129 Å². The van der Waals surface area contributed by atoms with Crippen LogP contribution in [0.2, 0.25) is 5.02 Å². The van der Waals surface area contributed by atoms with Crippen molar-refractivity contribution in [1.29, 1.82) is 0 Å². The van der Waals surface area contributed by atoms with Crippen LogP contribution < -0.4 is 0 Å². The van der Waals surface area contributed by atoms with Crippen molar-refractivity contribution >= 4 is 38.7 Å². The fraction of sp³-hybridized carbons (Fsp3) is 0.0833. The van der Waals surface area contributed by atoms with E-state index in [-0.39, 0.29) is 20.8 Å². The van der Waals surface area contributed by atoms with E-state index in [2.05, 4.69) is 31.0 Å². The number of alkyl halides is 2. The summed E-state index contributed by atoms with van der Waals surface area (Å²) < 4.78 is 39.2. The van der Waals surface area contributed by atoms with Crippen LogP contribution in [0.15, 0.2) is 29.0 Å². The van der Waals surface area contributed by atoms with Gasteiger partial charge in [0.1, 0.15) is 11.3 Å². The Kier molecular flexibility index (Phi) is 3.58. The highest BCUT2D eigenvalue weighted by Gasteiger charge is 2.18. The first kappa shape index (κ1) is 14.3. The fourth-order valence-corrected chi connectivity index (χ4v) is 2.54. The molecule has 2 aromatic heterocycles. The molecule has 21 heavy (non-hydrogen) atoms. The number of fused-ring (bicyclic) bond motifs is 1. The van der Waals surface area contributed by atoms with Crippen LogP contribution in [0.5, 0.6) is 0 Å². The third kappa shape index (κ3) is 2.49. The highest BCUT2D eigenvalue weighted by atomic mass is 79.9. The molecule has 0 atom stereocenters. The SMILES string of the molecule is Fc1ccc(-c2cnc3c(n2)c(Br)nn3C(F)F)c(Cl)c1. The summed E-state index contributed by atoms with van der Waals surface area (Å²) in [6.07, 6.45) is 1.29. The Balaban J connectivity index is 2.20. The molecule has 0 radical (unpaired) electrons. The maximum absolute atomic E-state index is 13.0. The van der Waals surface area contributed by atoms with Gasteiger partial charge in [-0.2, -0.15) is 18.6 Å². The first-order valence-corrected chi connectivity index (χ1v) is 6.79. The van der Waals surface area contributed by atoms with Crippen LogP contribution in [0, 0.1) is 5.82 Å². The van der Waals surface area contributed by atoms with Gasteiger partial charge in [0.25, 0.3) is 0 Å². The molecular weight excluding hydrogens is 373 g/mol. The zero-order chi connectivity index (χ0) is 15.1. The molecule has 4 nitrogen and oxygen atoms in total.